The molecule has 110 valence electrons. The lowest BCUT2D eigenvalue weighted by atomic mass is 10.1. The number of rotatable bonds is 2. The summed E-state index contributed by atoms with van der Waals surface area (Å²) >= 11 is 5.99. The highest BCUT2D eigenvalue weighted by Crippen LogP contribution is 2.21. The fraction of sp³-hybridized carbons (Fsp3) is 0.0588. The number of halogens is 1. The van der Waals surface area contributed by atoms with Crippen LogP contribution >= 0.6 is 11.6 Å². The second kappa shape index (κ2) is 5.66. The maximum atomic E-state index is 12.2. The Kier molecular flexibility index (Phi) is 3.69. The zero-order valence-electron chi connectivity index (χ0n) is 11.7. The number of para-hydroxylation sites is 1. The Hall–Kier alpha value is -2.59. The summed E-state index contributed by atoms with van der Waals surface area (Å²) in [4.78, 5) is 24.3. The van der Waals surface area contributed by atoms with Gasteiger partial charge in [0.25, 0.3) is 5.91 Å². The largest absolute Gasteiger partial charge is 0.451 e. The van der Waals surface area contributed by atoms with Crippen molar-refractivity contribution < 1.29 is 9.21 Å². The number of nitrogens with one attached hydrogen (secondary N) is 1. The summed E-state index contributed by atoms with van der Waals surface area (Å²) in [7, 11) is 0. The topological polar surface area (TPSA) is 59.3 Å². The summed E-state index contributed by atoms with van der Waals surface area (Å²) < 4.78 is 5.52. The molecule has 2 aromatic carbocycles. The highest BCUT2D eigenvalue weighted by Gasteiger charge is 2.13. The van der Waals surface area contributed by atoms with Crippen molar-refractivity contribution in [2.45, 2.75) is 6.92 Å². The third kappa shape index (κ3) is 2.73. The van der Waals surface area contributed by atoms with Gasteiger partial charge in [-0.3, -0.25) is 9.59 Å². The molecule has 5 heteroatoms. The lowest BCUT2D eigenvalue weighted by Gasteiger charge is -2.07. The number of aryl methyl sites for hydroxylation is 1. The van der Waals surface area contributed by atoms with E-state index in [2.05, 4.69) is 5.32 Å². The molecule has 1 heterocycles. The molecule has 0 radical (unpaired) electrons. The van der Waals surface area contributed by atoms with E-state index in [0.717, 1.165) is 5.56 Å². The molecule has 0 saturated heterocycles. The van der Waals surface area contributed by atoms with Crippen molar-refractivity contribution in [3.63, 3.8) is 0 Å². The van der Waals surface area contributed by atoms with Crippen LogP contribution in [0.15, 0.2) is 57.7 Å². The maximum absolute atomic E-state index is 12.2. The Morgan fingerprint density at radius 1 is 1.14 bits per heavy atom. The van der Waals surface area contributed by atoms with Crippen LogP contribution in [0.5, 0.6) is 0 Å². The first-order valence-electron chi connectivity index (χ1n) is 6.65. The van der Waals surface area contributed by atoms with E-state index < -0.39 is 5.91 Å². The van der Waals surface area contributed by atoms with Crippen LogP contribution in [-0.4, -0.2) is 5.91 Å². The van der Waals surface area contributed by atoms with E-state index in [-0.39, 0.29) is 11.2 Å². The molecule has 0 aliphatic heterocycles. The van der Waals surface area contributed by atoms with Crippen LogP contribution in [0.25, 0.3) is 11.0 Å². The molecule has 0 aliphatic rings. The van der Waals surface area contributed by atoms with Crippen LogP contribution in [0, 0.1) is 6.92 Å². The van der Waals surface area contributed by atoms with Crippen molar-refractivity contribution in [3.8, 4) is 0 Å². The molecule has 1 aromatic heterocycles. The second-order valence-electron chi connectivity index (χ2n) is 4.91. The highest BCUT2D eigenvalue weighted by atomic mass is 35.5. The maximum Gasteiger partial charge on any atom is 0.291 e. The number of hydrogen-bond acceptors (Lipinski definition) is 3. The lowest BCUT2D eigenvalue weighted by molar-refractivity contribution is 0.0997. The van der Waals surface area contributed by atoms with Crippen LogP contribution in [0.2, 0.25) is 5.02 Å². The van der Waals surface area contributed by atoms with E-state index in [1.165, 1.54) is 6.07 Å². The van der Waals surface area contributed by atoms with Crippen molar-refractivity contribution in [2.24, 2.45) is 0 Å². The van der Waals surface area contributed by atoms with Gasteiger partial charge in [0, 0.05) is 6.07 Å². The van der Waals surface area contributed by atoms with Gasteiger partial charge in [0.2, 0.25) is 0 Å². The Bertz CT molecular complexity index is 931. The monoisotopic (exact) mass is 313 g/mol. The van der Waals surface area contributed by atoms with Gasteiger partial charge in [0.15, 0.2) is 11.2 Å². The number of benzene rings is 2. The van der Waals surface area contributed by atoms with Gasteiger partial charge in [-0.2, -0.15) is 0 Å². The first-order chi connectivity index (χ1) is 10.5. The molecule has 0 aliphatic carbocycles. The molecule has 0 fully saturated rings. The van der Waals surface area contributed by atoms with Gasteiger partial charge in [0.1, 0.15) is 5.58 Å². The number of carbonyl (C=O) groups excluding carboxylic acids is 1. The van der Waals surface area contributed by atoms with Crippen molar-refractivity contribution in [3.05, 3.63) is 75.1 Å². The summed E-state index contributed by atoms with van der Waals surface area (Å²) in [6, 6.07) is 13.3. The van der Waals surface area contributed by atoms with Crippen molar-refractivity contribution >= 4 is 34.2 Å². The smallest absolute Gasteiger partial charge is 0.291 e. The molecule has 1 N–H and O–H groups in total. The Morgan fingerprint density at radius 2 is 1.91 bits per heavy atom. The third-order valence-corrected chi connectivity index (χ3v) is 3.56. The Balaban J connectivity index is 2.00. The molecular formula is C17H12ClNO3. The molecule has 0 spiro atoms. The average Bonchev–Trinajstić information content (AvgIpc) is 2.50. The molecule has 4 nitrogen and oxygen atoms in total. The standard InChI is InChI=1S/C17H12ClNO3/c1-10-6-7-15-11(8-10)14(20)9-16(22-15)17(21)19-13-5-3-2-4-12(13)18/h2-9H,1H3,(H,19,21). The van der Waals surface area contributed by atoms with Crippen LogP contribution in [0.4, 0.5) is 5.69 Å². The number of hydrogen-bond donors (Lipinski definition) is 1. The van der Waals surface area contributed by atoms with E-state index in [1.54, 1.807) is 36.4 Å². The second-order valence-corrected chi connectivity index (χ2v) is 5.32. The van der Waals surface area contributed by atoms with E-state index in [9.17, 15) is 9.59 Å². The first-order valence-corrected chi connectivity index (χ1v) is 7.03. The zero-order valence-corrected chi connectivity index (χ0v) is 12.5. The van der Waals surface area contributed by atoms with Gasteiger partial charge in [-0.1, -0.05) is 35.4 Å². The highest BCUT2D eigenvalue weighted by molar-refractivity contribution is 6.33. The fourth-order valence-electron chi connectivity index (χ4n) is 2.13. The molecule has 0 saturated carbocycles. The summed E-state index contributed by atoms with van der Waals surface area (Å²) in [6.07, 6.45) is 0. The first kappa shape index (κ1) is 14.4. The number of anilines is 1. The molecule has 3 aromatic rings. The van der Waals surface area contributed by atoms with Crippen molar-refractivity contribution in [2.75, 3.05) is 5.32 Å². The molecule has 0 bridgehead atoms. The summed E-state index contributed by atoms with van der Waals surface area (Å²) in [6.45, 7) is 1.89. The minimum atomic E-state index is -0.521. The van der Waals surface area contributed by atoms with Gasteiger partial charge in [-0.15, -0.1) is 0 Å². The van der Waals surface area contributed by atoms with Gasteiger partial charge >= 0.3 is 0 Å². The summed E-state index contributed by atoms with van der Waals surface area (Å²) in [5.41, 5.74) is 1.53. The van der Waals surface area contributed by atoms with Gasteiger partial charge in [0.05, 0.1) is 16.1 Å². The zero-order chi connectivity index (χ0) is 15.7. The summed E-state index contributed by atoms with van der Waals surface area (Å²) in [5.74, 6) is -0.575. The van der Waals surface area contributed by atoms with Crippen LogP contribution in [0.1, 0.15) is 16.1 Å². The Labute approximate surface area is 131 Å². The molecular weight excluding hydrogens is 302 g/mol. The van der Waals surface area contributed by atoms with Crippen molar-refractivity contribution in [1.82, 2.24) is 0 Å². The van der Waals surface area contributed by atoms with Crippen molar-refractivity contribution in [1.29, 1.82) is 0 Å². The van der Waals surface area contributed by atoms with E-state index in [0.29, 0.717) is 21.7 Å². The van der Waals surface area contributed by atoms with E-state index in [4.69, 9.17) is 16.0 Å². The molecule has 0 unspecified atom stereocenters. The number of amides is 1. The van der Waals surface area contributed by atoms with Gasteiger partial charge < -0.3 is 9.73 Å². The SMILES string of the molecule is Cc1ccc2oc(C(=O)Nc3ccccc3Cl)cc(=O)c2c1. The minimum Gasteiger partial charge on any atom is -0.451 e. The van der Waals surface area contributed by atoms with Crippen LogP contribution in [0.3, 0.4) is 0 Å². The van der Waals surface area contributed by atoms with Crippen LogP contribution < -0.4 is 10.7 Å². The number of fused-ring (bicyclic) bond motifs is 1. The molecule has 22 heavy (non-hydrogen) atoms. The van der Waals surface area contributed by atoms with Crippen LogP contribution in [-0.2, 0) is 0 Å². The normalized spacial score (nSPS) is 10.6. The molecule has 1 amide bonds. The van der Waals surface area contributed by atoms with Gasteiger partial charge in [-0.25, -0.2) is 0 Å². The van der Waals surface area contributed by atoms with E-state index in [1.807, 2.05) is 13.0 Å². The quantitative estimate of drug-likeness (QED) is 0.777. The fourth-order valence-corrected chi connectivity index (χ4v) is 2.31. The molecule has 3 rings (SSSR count). The Morgan fingerprint density at radius 3 is 2.68 bits per heavy atom. The molecule has 0 atom stereocenters. The average molecular weight is 314 g/mol. The van der Waals surface area contributed by atoms with E-state index >= 15 is 0 Å². The lowest BCUT2D eigenvalue weighted by Crippen LogP contribution is -2.15. The minimum absolute atomic E-state index is 0.0544. The number of carbonyl (C=O) groups is 1. The van der Waals surface area contributed by atoms with Gasteiger partial charge in [-0.05, 0) is 31.2 Å². The summed E-state index contributed by atoms with van der Waals surface area (Å²) in [5, 5.41) is 3.49. The predicted octanol–water partition coefficient (Wildman–Crippen LogP) is 4.01. The third-order valence-electron chi connectivity index (χ3n) is 3.23. The predicted molar refractivity (Wildman–Crippen MR) is 86.6 cm³/mol.